The van der Waals surface area contributed by atoms with E-state index in [-0.39, 0.29) is 18.6 Å². The first-order valence-corrected chi connectivity index (χ1v) is 6.32. The van der Waals surface area contributed by atoms with Crippen molar-refractivity contribution in [3.8, 4) is 0 Å². The van der Waals surface area contributed by atoms with Gasteiger partial charge in [0.15, 0.2) is 0 Å². The second kappa shape index (κ2) is 8.69. The van der Waals surface area contributed by atoms with Gasteiger partial charge in [-0.2, -0.15) is 8.78 Å². The minimum atomic E-state index is -4.06. The van der Waals surface area contributed by atoms with Gasteiger partial charge in [0.1, 0.15) is 6.61 Å². The first kappa shape index (κ1) is 17.6. The Kier molecular flexibility index (Phi) is 8.52. The van der Waals surface area contributed by atoms with Crippen LogP contribution < -0.4 is 5.32 Å². The fourth-order valence-electron chi connectivity index (χ4n) is 1.42. The number of hydrogen-bond donors (Lipinski definition) is 1. The second-order valence-electron chi connectivity index (χ2n) is 4.52. The van der Waals surface area contributed by atoms with Crippen molar-refractivity contribution >= 4 is 0 Å². The first-order valence-electron chi connectivity index (χ1n) is 6.32. The average Bonchev–Trinajstić information content (AvgIpc) is 2.32. The molecule has 2 unspecified atom stereocenters. The second-order valence-corrected chi connectivity index (χ2v) is 4.52. The van der Waals surface area contributed by atoms with Gasteiger partial charge in [0.25, 0.3) is 0 Å². The van der Waals surface area contributed by atoms with Crippen molar-refractivity contribution in [1.82, 2.24) is 5.32 Å². The van der Waals surface area contributed by atoms with Crippen LogP contribution in [0.1, 0.15) is 33.6 Å². The SMILES string of the molecule is CCCNC(COCC(F)(F)C(F)F)C(C)CC. The summed E-state index contributed by atoms with van der Waals surface area (Å²) in [5.41, 5.74) is 0. The highest BCUT2D eigenvalue weighted by Crippen LogP contribution is 2.23. The number of halogens is 4. The Morgan fingerprint density at radius 3 is 2.28 bits per heavy atom. The molecule has 1 N–H and O–H groups in total. The van der Waals surface area contributed by atoms with Crippen molar-refractivity contribution in [1.29, 1.82) is 0 Å². The summed E-state index contributed by atoms with van der Waals surface area (Å²) in [6, 6.07) is -0.0802. The van der Waals surface area contributed by atoms with Crippen molar-refractivity contribution in [3.63, 3.8) is 0 Å². The Morgan fingerprint density at radius 1 is 1.22 bits per heavy atom. The van der Waals surface area contributed by atoms with Gasteiger partial charge in [-0.3, -0.25) is 0 Å². The quantitative estimate of drug-likeness (QED) is 0.617. The molecule has 2 atom stereocenters. The van der Waals surface area contributed by atoms with Gasteiger partial charge in [-0.05, 0) is 18.9 Å². The molecule has 0 radical (unpaired) electrons. The number of nitrogens with one attached hydrogen (secondary N) is 1. The lowest BCUT2D eigenvalue weighted by Crippen LogP contribution is -2.41. The highest BCUT2D eigenvalue weighted by Gasteiger charge is 2.41. The number of rotatable bonds is 10. The van der Waals surface area contributed by atoms with E-state index in [0.29, 0.717) is 0 Å². The average molecular weight is 273 g/mol. The molecule has 0 saturated heterocycles. The summed E-state index contributed by atoms with van der Waals surface area (Å²) < 4.78 is 53.9. The molecule has 0 heterocycles. The van der Waals surface area contributed by atoms with E-state index in [1.165, 1.54) is 0 Å². The molecule has 0 saturated carbocycles. The van der Waals surface area contributed by atoms with E-state index in [1.807, 2.05) is 20.8 Å². The summed E-state index contributed by atoms with van der Waals surface area (Å²) in [5.74, 6) is -3.82. The lowest BCUT2D eigenvalue weighted by atomic mass is 10.00. The monoisotopic (exact) mass is 273 g/mol. The third-order valence-electron chi connectivity index (χ3n) is 2.90. The molecular weight excluding hydrogens is 250 g/mol. The van der Waals surface area contributed by atoms with Crippen LogP contribution in [0.15, 0.2) is 0 Å². The molecule has 0 aromatic rings. The molecule has 0 aromatic heterocycles. The Hall–Kier alpha value is -0.360. The van der Waals surface area contributed by atoms with Crippen LogP contribution in [0.5, 0.6) is 0 Å². The third kappa shape index (κ3) is 6.54. The molecule has 6 heteroatoms. The molecule has 0 aliphatic rings. The van der Waals surface area contributed by atoms with Gasteiger partial charge in [0.05, 0.1) is 6.61 Å². The fraction of sp³-hybridized carbons (Fsp3) is 1.00. The highest BCUT2D eigenvalue weighted by molar-refractivity contribution is 4.74. The summed E-state index contributed by atoms with van der Waals surface area (Å²) in [6.45, 7) is 5.50. The molecule has 0 rings (SSSR count). The van der Waals surface area contributed by atoms with E-state index >= 15 is 0 Å². The third-order valence-corrected chi connectivity index (χ3v) is 2.90. The number of alkyl halides is 4. The molecule has 18 heavy (non-hydrogen) atoms. The van der Waals surface area contributed by atoms with Crippen molar-refractivity contribution in [2.24, 2.45) is 5.92 Å². The van der Waals surface area contributed by atoms with Crippen LogP contribution in [-0.2, 0) is 4.74 Å². The summed E-state index contributed by atoms with van der Waals surface area (Å²) in [4.78, 5) is 0. The Labute approximate surface area is 106 Å². The van der Waals surface area contributed by atoms with E-state index in [0.717, 1.165) is 19.4 Å². The largest absolute Gasteiger partial charge is 0.373 e. The van der Waals surface area contributed by atoms with Gasteiger partial charge in [-0.25, -0.2) is 8.78 Å². The molecule has 110 valence electrons. The lowest BCUT2D eigenvalue weighted by molar-refractivity contribution is -0.167. The lowest BCUT2D eigenvalue weighted by Gasteiger charge is -2.25. The first-order chi connectivity index (χ1) is 8.35. The van der Waals surface area contributed by atoms with Crippen LogP contribution in [0.25, 0.3) is 0 Å². The molecule has 0 spiro atoms. The van der Waals surface area contributed by atoms with Crippen LogP contribution >= 0.6 is 0 Å². The standard InChI is InChI=1S/C12H23F4NO/c1-4-6-17-10(9(3)5-2)7-18-8-12(15,16)11(13)14/h9-11,17H,4-8H2,1-3H3. The van der Waals surface area contributed by atoms with Crippen LogP contribution in [0, 0.1) is 5.92 Å². The van der Waals surface area contributed by atoms with Gasteiger partial charge >= 0.3 is 12.3 Å². The minimum absolute atomic E-state index is 0.0251. The van der Waals surface area contributed by atoms with E-state index in [4.69, 9.17) is 4.74 Å². The van der Waals surface area contributed by atoms with Crippen LogP contribution in [0.4, 0.5) is 17.6 Å². The summed E-state index contributed by atoms with van der Waals surface area (Å²) in [6.07, 6.45) is -1.89. The zero-order valence-corrected chi connectivity index (χ0v) is 11.2. The Bertz CT molecular complexity index is 214. The molecular formula is C12H23F4NO. The summed E-state index contributed by atoms with van der Waals surface area (Å²) >= 11 is 0. The zero-order valence-electron chi connectivity index (χ0n) is 11.2. The number of ether oxygens (including phenoxy) is 1. The van der Waals surface area contributed by atoms with E-state index in [2.05, 4.69) is 5.32 Å². The van der Waals surface area contributed by atoms with Crippen molar-refractivity contribution in [2.45, 2.75) is 52.0 Å². The van der Waals surface area contributed by atoms with Crippen LogP contribution in [-0.4, -0.2) is 38.1 Å². The normalized spacial score (nSPS) is 16.0. The Morgan fingerprint density at radius 2 is 1.83 bits per heavy atom. The molecule has 0 aromatic carbocycles. The molecule has 0 fully saturated rings. The number of hydrogen-bond acceptors (Lipinski definition) is 2. The van der Waals surface area contributed by atoms with E-state index < -0.39 is 19.0 Å². The summed E-state index contributed by atoms with van der Waals surface area (Å²) in [7, 11) is 0. The van der Waals surface area contributed by atoms with Gasteiger partial charge in [0.2, 0.25) is 0 Å². The van der Waals surface area contributed by atoms with E-state index in [1.54, 1.807) is 0 Å². The maximum Gasteiger partial charge on any atom is 0.330 e. The fourth-order valence-corrected chi connectivity index (χ4v) is 1.42. The molecule has 0 aliphatic carbocycles. The molecule has 0 amide bonds. The topological polar surface area (TPSA) is 21.3 Å². The van der Waals surface area contributed by atoms with Gasteiger partial charge in [-0.1, -0.05) is 27.2 Å². The maximum absolute atomic E-state index is 12.6. The molecule has 2 nitrogen and oxygen atoms in total. The van der Waals surface area contributed by atoms with Crippen LogP contribution in [0.2, 0.25) is 0 Å². The predicted octanol–water partition coefficient (Wildman–Crippen LogP) is 3.32. The zero-order chi connectivity index (χ0) is 14.2. The minimum Gasteiger partial charge on any atom is -0.373 e. The smallest absolute Gasteiger partial charge is 0.330 e. The highest BCUT2D eigenvalue weighted by atomic mass is 19.3. The van der Waals surface area contributed by atoms with Crippen molar-refractivity contribution < 1.29 is 22.3 Å². The predicted molar refractivity (Wildman–Crippen MR) is 63.3 cm³/mol. The van der Waals surface area contributed by atoms with E-state index in [9.17, 15) is 17.6 Å². The maximum atomic E-state index is 12.6. The van der Waals surface area contributed by atoms with Crippen molar-refractivity contribution in [3.05, 3.63) is 0 Å². The van der Waals surface area contributed by atoms with Gasteiger partial charge < -0.3 is 10.1 Å². The molecule has 0 bridgehead atoms. The van der Waals surface area contributed by atoms with Gasteiger partial charge in [-0.15, -0.1) is 0 Å². The Balaban J connectivity index is 4.10. The summed E-state index contributed by atoms with van der Waals surface area (Å²) in [5, 5.41) is 3.18. The van der Waals surface area contributed by atoms with Crippen molar-refractivity contribution in [2.75, 3.05) is 19.8 Å². The van der Waals surface area contributed by atoms with Gasteiger partial charge in [0, 0.05) is 6.04 Å². The van der Waals surface area contributed by atoms with Crippen LogP contribution in [0.3, 0.4) is 0 Å². The molecule has 0 aliphatic heterocycles.